The predicted molar refractivity (Wildman–Crippen MR) is 80.4 cm³/mol. The van der Waals surface area contributed by atoms with Crippen LogP contribution in [-0.2, 0) is 11.1 Å². The van der Waals surface area contributed by atoms with E-state index < -0.39 is 8.53 Å². The fourth-order valence-corrected chi connectivity index (χ4v) is 3.15. The Morgan fingerprint density at radius 3 is 2.37 bits per heavy atom. The molecule has 0 heterocycles. The Morgan fingerprint density at radius 1 is 1.26 bits per heavy atom. The molecular formula is C15H22NO2P. The van der Waals surface area contributed by atoms with Crippen molar-refractivity contribution < 1.29 is 9.42 Å². The highest BCUT2D eigenvalue weighted by Crippen LogP contribution is 2.41. The van der Waals surface area contributed by atoms with Crippen LogP contribution in [0.3, 0.4) is 0 Å². The van der Waals surface area contributed by atoms with Gasteiger partial charge >= 0.3 is 0 Å². The Hall–Kier alpha value is -0.910. The minimum atomic E-state index is -1.60. The lowest BCUT2D eigenvalue weighted by atomic mass is 10.1. The molecule has 0 radical (unpaired) electrons. The summed E-state index contributed by atoms with van der Waals surface area (Å²) in [5.41, 5.74) is 1.74. The van der Waals surface area contributed by atoms with Crippen LogP contribution in [0, 0.1) is 12.3 Å². The lowest BCUT2D eigenvalue weighted by Gasteiger charge is -2.32. The van der Waals surface area contributed by atoms with Crippen LogP contribution in [0.4, 0.5) is 0 Å². The molecule has 4 heteroatoms. The van der Waals surface area contributed by atoms with Crippen LogP contribution in [0.5, 0.6) is 0 Å². The monoisotopic (exact) mass is 279 g/mol. The molecule has 0 saturated carbocycles. The van der Waals surface area contributed by atoms with Gasteiger partial charge in [-0.15, -0.1) is 6.42 Å². The Bertz CT molecular complexity index is 432. The molecule has 0 saturated heterocycles. The maximum atomic E-state index is 10.2. The number of terminal acetylenes is 1. The lowest BCUT2D eigenvalue weighted by molar-refractivity contribution is 0.206. The molecule has 3 nitrogen and oxygen atoms in total. The molecule has 1 atom stereocenters. The van der Waals surface area contributed by atoms with Gasteiger partial charge in [0.05, 0.1) is 6.61 Å². The summed E-state index contributed by atoms with van der Waals surface area (Å²) >= 11 is 0. The molecule has 0 fully saturated rings. The molecule has 104 valence electrons. The first-order valence-corrected chi connectivity index (χ1v) is 7.58. The molecule has 1 rings (SSSR count). The maximum absolute atomic E-state index is 10.2. The zero-order valence-corrected chi connectivity index (χ0v) is 12.9. The van der Waals surface area contributed by atoms with E-state index in [1.54, 1.807) is 0 Å². The summed E-state index contributed by atoms with van der Waals surface area (Å²) in [5, 5.41) is 0. The van der Waals surface area contributed by atoms with E-state index in [1.807, 2.05) is 56.6 Å². The number of rotatable bonds is 6. The number of hydrogen-bond donors (Lipinski definition) is 1. The van der Waals surface area contributed by atoms with Crippen molar-refractivity contribution in [1.29, 1.82) is 0 Å². The summed E-state index contributed by atoms with van der Waals surface area (Å²) in [4.78, 5) is 10.2. The van der Waals surface area contributed by atoms with E-state index in [4.69, 9.17) is 10.9 Å². The van der Waals surface area contributed by atoms with Crippen molar-refractivity contribution in [2.24, 2.45) is 0 Å². The molecule has 0 aliphatic heterocycles. The van der Waals surface area contributed by atoms with Crippen LogP contribution in [0.15, 0.2) is 24.3 Å². The molecule has 1 N–H and O–H groups in total. The lowest BCUT2D eigenvalue weighted by Crippen LogP contribution is -2.32. The fraction of sp³-hybridized carbons (Fsp3) is 0.467. The molecule has 0 aliphatic rings. The summed E-state index contributed by atoms with van der Waals surface area (Å²) in [6, 6.07) is 8.09. The Balaban J connectivity index is 2.68. The Kier molecular flexibility index (Phi) is 6.48. The van der Waals surface area contributed by atoms with Gasteiger partial charge in [-0.1, -0.05) is 24.1 Å². The predicted octanol–water partition coefficient (Wildman–Crippen LogP) is 3.52. The average molecular weight is 279 g/mol. The van der Waals surface area contributed by atoms with Gasteiger partial charge in [-0.2, -0.15) is 0 Å². The smallest absolute Gasteiger partial charge is 0.256 e. The first-order valence-electron chi connectivity index (χ1n) is 6.42. The average Bonchev–Trinajstić information content (AvgIpc) is 2.35. The molecule has 1 unspecified atom stereocenters. The zero-order valence-electron chi connectivity index (χ0n) is 12.0. The SMILES string of the molecule is C#Cc1ccccc1COP(O)N(C(C)C)C(C)C. The van der Waals surface area contributed by atoms with Gasteiger partial charge in [0.1, 0.15) is 0 Å². The van der Waals surface area contributed by atoms with Crippen LogP contribution >= 0.6 is 8.53 Å². The summed E-state index contributed by atoms with van der Waals surface area (Å²) in [6.45, 7) is 8.52. The van der Waals surface area contributed by atoms with Gasteiger partial charge < -0.3 is 9.42 Å². The fourth-order valence-electron chi connectivity index (χ4n) is 1.97. The second kappa shape index (κ2) is 7.62. The number of hydrogen-bond acceptors (Lipinski definition) is 3. The van der Waals surface area contributed by atoms with Crippen molar-refractivity contribution in [3.05, 3.63) is 35.4 Å². The molecule has 0 aliphatic carbocycles. The zero-order chi connectivity index (χ0) is 14.4. The van der Waals surface area contributed by atoms with Gasteiger partial charge in [0.25, 0.3) is 8.53 Å². The molecule has 1 aromatic rings. The molecule has 19 heavy (non-hydrogen) atoms. The van der Waals surface area contributed by atoms with Crippen LogP contribution in [0.1, 0.15) is 38.8 Å². The van der Waals surface area contributed by atoms with E-state index in [0.29, 0.717) is 6.61 Å². The second-order valence-corrected chi connectivity index (χ2v) is 6.12. The van der Waals surface area contributed by atoms with Crippen molar-refractivity contribution in [3.63, 3.8) is 0 Å². The minimum Gasteiger partial charge on any atom is -0.338 e. The largest absolute Gasteiger partial charge is 0.338 e. The summed E-state index contributed by atoms with van der Waals surface area (Å²) < 4.78 is 7.57. The van der Waals surface area contributed by atoms with Crippen LogP contribution in [-0.4, -0.2) is 21.6 Å². The highest BCUT2D eigenvalue weighted by Gasteiger charge is 2.24. The highest BCUT2D eigenvalue weighted by molar-refractivity contribution is 7.43. The van der Waals surface area contributed by atoms with Crippen molar-refractivity contribution in [1.82, 2.24) is 4.67 Å². The summed E-state index contributed by atoms with van der Waals surface area (Å²) in [6.07, 6.45) is 5.44. The third-order valence-corrected chi connectivity index (χ3v) is 4.44. The first-order chi connectivity index (χ1) is 8.97. The quantitative estimate of drug-likeness (QED) is 0.639. The molecule has 0 spiro atoms. The van der Waals surface area contributed by atoms with Gasteiger partial charge in [0.15, 0.2) is 0 Å². The van der Waals surface area contributed by atoms with Crippen molar-refractivity contribution in [2.45, 2.75) is 46.4 Å². The van der Waals surface area contributed by atoms with E-state index in [9.17, 15) is 4.89 Å². The van der Waals surface area contributed by atoms with Crippen molar-refractivity contribution in [2.75, 3.05) is 0 Å². The third-order valence-electron chi connectivity index (χ3n) is 2.76. The third kappa shape index (κ3) is 4.60. The van der Waals surface area contributed by atoms with Crippen LogP contribution in [0.25, 0.3) is 0 Å². The minimum absolute atomic E-state index is 0.235. The van der Waals surface area contributed by atoms with Crippen LogP contribution < -0.4 is 0 Å². The highest BCUT2D eigenvalue weighted by atomic mass is 31.2. The van der Waals surface area contributed by atoms with E-state index >= 15 is 0 Å². The van der Waals surface area contributed by atoms with Gasteiger partial charge in [-0.3, -0.25) is 0 Å². The standard InChI is InChI=1S/C15H22NO2P/c1-6-14-9-7-8-10-15(14)11-18-19(17)16(12(2)3)13(4)5/h1,7-10,12-13,17H,11H2,2-5H3. The Labute approximate surface area is 117 Å². The van der Waals surface area contributed by atoms with E-state index in [1.165, 1.54) is 0 Å². The normalized spacial score (nSPS) is 13.0. The topological polar surface area (TPSA) is 32.7 Å². The van der Waals surface area contributed by atoms with E-state index in [-0.39, 0.29) is 12.1 Å². The number of benzene rings is 1. The molecular weight excluding hydrogens is 257 g/mol. The Morgan fingerprint density at radius 2 is 1.84 bits per heavy atom. The molecule has 0 aromatic heterocycles. The second-order valence-electron chi connectivity index (χ2n) is 4.90. The van der Waals surface area contributed by atoms with Gasteiger partial charge in [-0.25, -0.2) is 4.67 Å². The van der Waals surface area contributed by atoms with Gasteiger partial charge in [-0.05, 0) is 39.3 Å². The van der Waals surface area contributed by atoms with Crippen LogP contribution in [0.2, 0.25) is 0 Å². The van der Waals surface area contributed by atoms with E-state index in [2.05, 4.69) is 5.92 Å². The van der Waals surface area contributed by atoms with Gasteiger partial charge in [0.2, 0.25) is 0 Å². The molecule has 0 amide bonds. The van der Waals surface area contributed by atoms with Gasteiger partial charge in [0, 0.05) is 17.6 Å². The molecule has 0 bridgehead atoms. The summed E-state index contributed by atoms with van der Waals surface area (Å²) in [7, 11) is -1.60. The van der Waals surface area contributed by atoms with Crippen molar-refractivity contribution >= 4 is 8.53 Å². The summed E-state index contributed by atoms with van der Waals surface area (Å²) in [5.74, 6) is 2.63. The first kappa shape index (κ1) is 16.1. The number of nitrogens with zero attached hydrogens (tertiary/aromatic N) is 1. The van der Waals surface area contributed by atoms with E-state index in [0.717, 1.165) is 11.1 Å². The maximum Gasteiger partial charge on any atom is 0.256 e. The van der Waals surface area contributed by atoms with Crippen molar-refractivity contribution in [3.8, 4) is 12.3 Å². The molecule has 1 aromatic carbocycles.